The number of rotatable bonds is 7. The molecule has 0 aromatic heterocycles. The Morgan fingerprint density at radius 2 is 1.83 bits per heavy atom. The first-order valence-electron chi connectivity index (χ1n) is 9.69. The van der Waals surface area contributed by atoms with Gasteiger partial charge in [0.25, 0.3) is 11.7 Å². The highest BCUT2D eigenvalue weighted by atomic mass is 16.5. The maximum absolute atomic E-state index is 12.9. The number of hydrogen-bond donors (Lipinski definition) is 2. The molecule has 1 aliphatic rings. The van der Waals surface area contributed by atoms with E-state index in [0.29, 0.717) is 17.7 Å². The minimum absolute atomic E-state index is 0.00639. The number of aliphatic hydroxyl groups excluding tert-OH is 1. The highest BCUT2D eigenvalue weighted by molar-refractivity contribution is 6.46. The quantitative estimate of drug-likeness (QED) is 0.413. The van der Waals surface area contributed by atoms with Crippen LogP contribution in [0.3, 0.4) is 0 Å². The van der Waals surface area contributed by atoms with Crippen LogP contribution >= 0.6 is 0 Å². The van der Waals surface area contributed by atoms with Crippen molar-refractivity contribution < 1.29 is 29.3 Å². The monoisotopic (exact) mass is 411 g/mol. The average molecular weight is 411 g/mol. The molecular weight excluding hydrogens is 386 g/mol. The summed E-state index contributed by atoms with van der Waals surface area (Å²) in [6.45, 7) is 4.43. The summed E-state index contributed by atoms with van der Waals surface area (Å²) >= 11 is 0. The van der Waals surface area contributed by atoms with Crippen molar-refractivity contribution in [2.45, 2.75) is 19.9 Å². The molecule has 7 nitrogen and oxygen atoms in total. The number of aryl methyl sites for hydroxylation is 1. The Hall–Kier alpha value is -3.32. The van der Waals surface area contributed by atoms with Crippen molar-refractivity contribution in [2.24, 2.45) is 0 Å². The van der Waals surface area contributed by atoms with Gasteiger partial charge in [-0.15, -0.1) is 0 Å². The standard InChI is InChI=1S/C23H25NO6/c1-4-30-18-13-16(9-10-17(18)25)20-19(21(26)15-7-5-14(2)6-8-15)22(27)23(28)24(20)11-12-29-3/h5-10,13,20,25-26H,4,11-12H2,1-3H3. The van der Waals surface area contributed by atoms with Crippen LogP contribution in [0.4, 0.5) is 0 Å². The van der Waals surface area contributed by atoms with E-state index in [1.54, 1.807) is 31.2 Å². The van der Waals surface area contributed by atoms with Gasteiger partial charge >= 0.3 is 0 Å². The molecule has 1 aliphatic heterocycles. The molecule has 1 atom stereocenters. The summed E-state index contributed by atoms with van der Waals surface area (Å²) in [6, 6.07) is 10.8. The van der Waals surface area contributed by atoms with E-state index in [1.807, 2.05) is 19.1 Å². The van der Waals surface area contributed by atoms with Gasteiger partial charge < -0.3 is 24.6 Å². The van der Waals surface area contributed by atoms with Gasteiger partial charge in [0.05, 0.1) is 24.8 Å². The number of carbonyl (C=O) groups is 2. The fourth-order valence-corrected chi connectivity index (χ4v) is 3.49. The SMILES string of the molecule is CCOc1cc(C2C(=C(O)c3ccc(C)cc3)C(=O)C(=O)N2CCOC)ccc1O. The number of ether oxygens (including phenoxy) is 2. The number of phenols is 1. The van der Waals surface area contributed by atoms with Crippen LogP contribution in [0.2, 0.25) is 0 Å². The lowest BCUT2D eigenvalue weighted by atomic mass is 9.94. The van der Waals surface area contributed by atoms with Crippen LogP contribution in [0.25, 0.3) is 5.76 Å². The smallest absolute Gasteiger partial charge is 0.295 e. The van der Waals surface area contributed by atoms with Crippen LogP contribution in [-0.4, -0.2) is 53.7 Å². The van der Waals surface area contributed by atoms with E-state index in [4.69, 9.17) is 9.47 Å². The van der Waals surface area contributed by atoms with Crippen LogP contribution in [0.1, 0.15) is 29.7 Å². The molecule has 7 heteroatoms. The molecule has 1 saturated heterocycles. The number of phenolic OH excluding ortho intramolecular Hbond substituents is 1. The molecule has 0 bridgehead atoms. The molecule has 1 amide bonds. The Bertz CT molecular complexity index is 980. The van der Waals surface area contributed by atoms with Gasteiger partial charge in [-0.2, -0.15) is 0 Å². The summed E-state index contributed by atoms with van der Waals surface area (Å²) in [7, 11) is 1.51. The summed E-state index contributed by atoms with van der Waals surface area (Å²) < 4.78 is 10.6. The van der Waals surface area contributed by atoms with Gasteiger partial charge in [0.2, 0.25) is 0 Å². The third-order valence-corrected chi connectivity index (χ3v) is 5.00. The summed E-state index contributed by atoms with van der Waals surface area (Å²) in [6.07, 6.45) is 0. The number of Topliss-reactive ketones (excluding diaryl/α,β-unsaturated/α-hetero) is 1. The number of amides is 1. The molecule has 0 aliphatic carbocycles. The lowest BCUT2D eigenvalue weighted by Crippen LogP contribution is -2.32. The molecule has 1 fully saturated rings. The van der Waals surface area contributed by atoms with E-state index in [0.717, 1.165) is 5.56 Å². The van der Waals surface area contributed by atoms with Gasteiger partial charge in [0, 0.05) is 19.2 Å². The van der Waals surface area contributed by atoms with Crippen molar-refractivity contribution in [2.75, 3.05) is 26.9 Å². The number of nitrogens with zero attached hydrogens (tertiary/aromatic N) is 1. The molecule has 2 N–H and O–H groups in total. The van der Waals surface area contributed by atoms with Crippen LogP contribution < -0.4 is 4.74 Å². The minimum atomic E-state index is -0.832. The van der Waals surface area contributed by atoms with Crippen molar-refractivity contribution in [3.05, 3.63) is 64.7 Å². The number of hydrogen-bond acceptors (Lipinski definition) is 6. The molecular formula is C23H25NO6. The fourth-order valence-electron chi connectivity index (χ4n) is 3.49. The number of aromatic hydroxyl groups is 1. The average Bonchev–Trinajstić information content (AvgIpc) is 2.98. The van der Waals surface area contributed by atoms with E-state index in [2.05, 4.69) is 0 Å². The molecule has 1 heterocycles. The molecule has 1 unspecified atom stereocenters. The van der Waals surface area contributed by atoms with Crippen molar-refractivity contribution >= 4 is 17.4 Å². The Balaban J connectivity index is 2.17. The first-order chi connectivity index (χ1) is 14.4. The number of methoxy groups -OCH3 is 1. The second-order valence-electron chi connectivity index (χ2n) is 7.01. The lowest BCUT2D eigenvalue weighted by Gasteiger charge is -2.25. The molecule has 30 heavy (non-hydrogen) atoms. The van der Waals surface area contributed by atoms with E-state index in [-0.39, 0.29) is 36.0 Å². The predicted octanol–water partition coefficient (Wildman–Crippen LogP) is 3.17. The fraction of sp³-hybridized carbons (Fsp3) is 0.304. The Labute approximate surface area is 175 Å². The number of aliphatic hydroxyl groups is 1. The van der Waals surface area contributed by atoms with Gasteiger partial charge in [-0.25, -0.2) is 0 Å². The predicted molar refractivity (Wildman–Crippen MR) is 111 cm³/mol. The zero-order valence-corrected chi connectivity index (χ0v) is 17.2. The van der Waals surface area contributed by atoms with Crippen molar-refractivity contribution in [1.29, 1.82) is 0 Å². The third-order valence-electron chi connectivity index (χ3n) is 5.00. The van der Waals surface area contributed by atoms with Gasteiger partial charge in [0.1, 0.15) is 5.76 Å². The van der Waals surface area contributed by atoms with Gasteiger partial charge in [-0.05, 0) is 31.5 Å². The highest BCUT2D eigenvalue weighted by Crippen LogP contribution is 2.41. The number of likely N-dealkylation sites (tertiary alicyclic amines) is 1. The molecule has 0 saturated carbocycles. The molecule has 2 aromatic carbocycles. The van der Waals surface area contributed by atoms with Gasteiger partial charge in [-0.3, -0.25) is 9.59 Å². The van der Waals surface area contributed by atoms with Crippen LogP contribution in [0.5, 0.6) is 11.5 Å². The van der Waals surface area contributed by atoms with Gasteiger partial charge in [0.15, 0.2) is 11.5 Å². The van der Waals surface area contributed by atoms with E-state index in [9.17, 15) is 19.8 Å². The summed E-state index contributed by atoms with van der Waals surface area (Å²) in [4.78, 5) is 27.0. The van der Waals surface area contributed by atoms with E-state index < -0.39 is 17.7 Å². The van der Waals surface area contributed by atoms with Crippen molar-refractivity contribution in [3.8, 4) is 11.5 Å². The maximum atomic E-state index is 12.9. The summed E-state index contributed by atoms with van der Waals surface area (Å²) in [5.74, 6) is -1.53. The maximum Gasteiger partial charge on any atom is 0.295 e. The largest absolute Gasteiger partial charge is 0.507 e. The molecule has 3 rings (SSSR count). The summed E-state index contributed by atoms with van der Waals surface area (Å²) in [5, 5.41) is 21.0. The first kappa shape index (κ1) is 21.4. The van der Waals surface area contributed by atoms with E-state index >= 15 is 0 Å². The number of ketones is 1. The Morgan fingerprint density at radius 3 is 2.47 bits per heavy atom. The number of carbonyl (C=O) groups excluding carboxylic acids is 2. The second-order valence-corrected chi connectivity index (χ2v) is 7.01. The zero-order chi connectivity index (χ0) is 21.8. The summed E-state index contributed by atoms with van der Waals surface area (Å²) in [5.41, 5.74) is 1.98. The van der Waals surface area contributed by atoms with E-state index in [1.165, 1.54) is 18.1 Å². The van der Waals surface area contributed by atoms with Crippen LogP contribution in [-0.2, 0) is 14.3 Å². The topological polar surface area (TPSA) is 96.3 Å². The van der Waals surface area contributed by atoms with Crippen molar-refractivity contribution in [1.82, 2.24) is 4.90 Å². The third kappa shape index (κ3) is 4.02. The minimum Gasteiger partial charge on any atom is -0.507 e. The second kappa shape index (κ2) is 9.00. The molecule has 0 radical (unpaired) electrons. The lowest BCUT2D eigenvalue weighted by molar-refractivity contribution is -0.140. The van der Waals surface area contributed by atoms with Crippen molar-refractivity contribution in [3.63, 3.8) is 0 Å². The Morgan fingerprint density at radius 1 is 1.13 bits per heavy atom. The highest BCUT2D eigenvalue weighted by Gasteiger charge is 2.46. The first-order valence-corrected chi connectivity index (χ1v) is 9.69. The zero-order valence-electron chi connectivity index (χ0n) is 17.2. The molecule has 158 valence electrons. The van der Waals surface area contributed by atoms with Crippen LogP contribution in [0.15, 0.2) is 48.0 Å². The number of benzene rings is 2. The molecule has 2 aromatic rings. The molecule has 0 spiro atoms. The van der Waals surface area contributed by atoms with Crippen LogP contribution in [0, 0.1) is 6.92 Å². The Kier molecular flexibility index (Phi) is 6.42. The van der Waals surface area contributed by atoms with Gasteiger partial charge in [-0.1, -0.05) is 35.9 Å². The normalized spacial score (nSPS) is 18.1.